The number of aromatic nitrogens is 3. The third kappa shape index (κ3) is 4.65. The third-order valence-corrected chi connectivity index (χ3v) is 7.43. The van der Waals surface area contributed by atoms with Crippen LogP contribution in [-0.4, -0.2) is 65.4 Å². The number of carbonyl (C=O) groups is 1. The number of amides is 1. The van der Waals surface area contributed by atoms with Gasteiger partial charge in [-0.2, -0.15) is 15.5 Å². The van der Waals surface area contributed by atoms with E-state index in [2.05, 4.69) is 27.7 Å². The predicted octanol–water partition coefficient (Wildman–Crippen LogP) is 3.70. The van der Waals surface area contributed by atoms with Crippen LogP contribution in [0, 0.1) is 24.2 Å². The largest absolute Gasteiger partial charge is 0.384 e. The quantitative estimate of drug-likeness (QED) is 0.578. The second kappa shape index (κ2) is 9.74. The van der Waals surface area contributed by atoms with Gasteiger partial charge in [-0.15, -0.1) is 0 Å². The van der Waals surface area contributed by atoms with Gasteiger partial charge in [0, 0.05) is 43.8 Å². The number of hydrogen-bond donors (Lipinski definition) is 0. The highest BCUT2D eigenvalue weighted by atomic mass is 16.5. The number of methoxy groups -OCH3 is 1. The summed E-state index contributed by atoms with van der Waals surface area (Å²) in [5, 5.41) is 18.5. The first kappa shape index (κ1) is 23.4. The summed E-state index contributed by atoms with van der Waals surface area (Å²) in [5.41, 5.74) is 5.21. The minimum atomic E-state index is 0.158. The van der Waals surface area contributed by atoms with Crippen molar-refractivity contribution in [3.05, 3.63) is 41.4 Å². The summed E-state index contributed by atoms with van der Waals surface area (Å²) in [7, 11) is 1.63. The van der Waals surface area contributed by atoms with Crippen molar-refractivity contribution in [1.82, 2.24) is 20.1 Å². The lowest BCUT2D eigenvalue weighted by Gasteiger charge is -2.43. The molecule has 1 saturated heterocycles. The normalized spacial score (nSPS) is 20.0. The number of anilines is 1. The first-order valence-corrected chi connectivity index (χ1v) is 12.5. The van der Waals surface area contributed by atoms with E-state index in [4.69, 9.17) is 9.72 Å². The van der Waals surface area contributed by atoms with Crippen LogP contribution < -0.4 is 4.90 Å². The van der Waals surface area contributed by atoms with Gasteiger partial charge in [-0.1, -0.05) is 6.58 Å². The number of nitriles is 1. The highest BCUT2D eigenvalue weighted by Gasteiger charge is 2.42. The molecule has 0 N–H and O–H groups in total. The molecule has 3 fully saturated rings. The van der Waals surface area contributed by atoms with Crippen LogP contribution in [0.1, 0.15) is 60.5 Å². The molecule has 182 valence electrons. The monoisotopic (exact) mass is 472 g/mol. The summed E-state index contributed by atoms with van der Waals surface area (Å²) < 4.78 is 5.13. The van der Waals surface area contributed by atoms with Crippen LogP contribution in [0.3, 0.4) is 0 Å². The Bertz CT molecular complexity index is 1180. The first-order valence-electron chi connectivity index (χ1n) is 12.5. The van der Waals surface area contributed by atoms with Gasteiger partial charge in [0.25, 0.3) is 0 Å². The van der Waals surface area contributed by atoms with Crippen molar-refractivity contribution in [1.29, 1.82) is 5.26 Å². The minimum absolute atomic E-state index is 0.158. The standard InChI is InChI=1S/C27H32N6O2/c1-4-21-13-20(15-29-31-21)25-17(2)22(14-28)27(30-26(25)19-7-8-19)32-10-11-33(24(34)9-12-35-3)23(16-32)18-5-6-18/h4,13,15,18-19,23H,1,5-12,16H2,2-3H3/t23-/m0/s1. The molecule has 0 aromatic carbocycles. The predicted molar refractivity (Wildman–Crippen MR) is 134 cm³/mol. The van der Waals surface area contributed by atoms with Crippen molar-refractivity contribution in [3.63, 3.8) is 0 Å². The van der Waals surface area contributed by atoms with Gasteiger partial charge < -0.3 is 14.5 Å². The Kier molecular flexibility index (Phi) is 6.52. The Balaban J connectivity index is 1.51. The van der Waals surface area contributed by atoms with Crippen LogP contribution in [0.15, 0.2) is 18.8 Å². The molecule has 8 nitrogen and oxygen atoms in total. The van der Waals surface area contributed by atoms with Crippen LogP contribution in [0.4, 0.5) is 5.82 Å². The highest BCUT2D eigenvalue weighted by molar-refractivity contribution is 5.79. The van der Waals surface area contributed by atoms with E-state index in [1.54, 1.807) is 19.4 Å². The zero-order valence-electron chi connectivity index (χ0n) is 20.5. The molecule has 2 aromatic rings. The number of hydrogen-bond acceptors (Lipinski definition) is 7. The van der Waals surface area contributed by atoms with Gasteiger partial charge >= 0.3 is 0 Å². The summed E-state index contributed by atoms with van der Waals surface area (Å²) in [6.45, 7) is 8.31. The zero-order valence-corrected chi connectivity index (χ0v) is 20.5. The van der Waals surface area contributed by atoms with Crippen LogP contribution in [-0.2, 0) is 9.53 Å². The average molecular weight is 473 g/mol. The summed E-state index contributed by atoms with van der Waals surface area (Å²) in [5.74, 6) is 1.84. The Morgan fingerprint density at radius 1 is 1.31 bits per heavy atom. The zero-order chi connectivity index (χ0) is 24.5. The smallest absolute Gasteiger partial charge is 0.225 e. The maximum Gasteiger partial charge on any atom is 0.225 e. The van der Waals surface area contributed by atoms with Crippen LogP contribution in [0.5, 0.6) is 0 Å². The van der Waals surface area contributed by atoms with Gasteiger partial charge in [0.15, 0.2) is 0 Å². The number of ether oxygens (including phenoxy) is 1. The van der Waals surface area contributed by atoms with Crippen LogP contribution in [0.25, 0.3) is 17.2 Å². The molecule has 3 aliphatic rings. The second-order valence-corrected chi connectivity index (χ2v) is 9.84. The first-order chi connectivity index (χ1) is 17.0. The van der Waals surface area contributed by atoms with Crippen molar-refractivity contribution >= 4 is 17.8 Å². The molecule has 2 aliphatic carbocycles. The van der Waals surface area contributed by atoms with Crippen molar-refractivity contribution in [3.8, 4) is 17.2 Å². The van der Waals surface area contributed by atoms with E-state index in [9.17, 15) is 10.1 Å². The minimum Gasteiger partial charge on any atom is -0.384 e. The molecule has 8 heteroatoms. The Morgan fingerprint density at radius 3 is 2.77 bits per heavy atom. The second-order valence-electron chi connectivity index (χ2n) is 9.84. The van der Waals surface area contributed by atoms with E-state index in [-0.39, 0.29) is 11.9 Å². The summed E-state index contributed by atoms with van der Waals surface area (Å²) in [4.78, 5) is 22.3. The average Bonchev–Trinajstić information content (AvgIpc) is 3.79. The Labute approximate surface area is 206 Å². The Hall–Kier alpha value is -3.31. The SMILES string of the molecule is C=Cc1cc(-c2c(C3CC3)nc(N3CCN(C(=O)CCOC)[C@H](C4CC4)C3)c(C#N)c2C)cnn1. The summed E-state index contributed by atoms with van der Waals surface area (Å²) in [6.07, 6.45) is 8.34. The number of pyridine rings is 1. The van der Waals surface area contributed by atoms with E-state index in [1.807, 2.05) is 17.9 Å². The van der Waals surface area contributed by atoms with Gasteiger partial charge in [-0.3, -0.25) is 4.79 Å². The third-order valence-electron chi connectivity index (χ3n) is 7.43. The molecule has 35 heavy (non-hydrogen) atoms. The van der Waals surface area contributed by atoms with Crippen LogP contribution in [0.2, 0.25) is 0 Å². The molecule has 1 atom stereocenters. The number of rotatable bonds is 8. The van der Waals surface area contributed by atoms with E-state index in [0.717, 1.165) is 53.9 Å². The number of nitrogens with zero attached hydrogens (tertiary/aromatic N) is 6. The highest BCUT2D eigenvalue weighted by Crippen LogP contribution is 2.47. The van der Waals surface area contributed by atoms with Crippen molar-refractivity contribution in [2.45, 2.75) is 51.0 Å². The summed E-state index contributed by atoms with van der Waals surface area (Å²) in [6, 6.07) is 4.57. The molecule has 5 rings (SSSR count). The molecular weight excluding hydrogens is 440 g/mol. The fourth-order valence-corrected chi connectivity index (χ4v) is 5.24. The summed E-state index contributed by atoms with van der Waals surface area (Å²) >= 11 is 0. The molecule has 3 heterocycles. The van der Waals surface area contributed by atoms with Crippen molar-refractivity contribution < 1.29 is 9.53 Å². The molecular formula is C27H32N6O2. The van der Waals surface area contributed by atoms with Crippen molar-refractivity contribution in [2.75, 3.05) is 38.3 Å². The van der Waals surface area contributed by atoms with Gasteiger partial charge in [0.05, 0.1) is 42.2 Å². The lowest BCUT2D eigenvalue weighted by Crippen LogP contribution is -2.56. The van der Waals surface area contributed by atoms with E-state index in [0.29, 0.717) is 55.8 Å². The molecule has 1 amide bonds. The lowest BCUT2D eigenvalue weighted by molar-refractivity contribution is -0.135. The molecule has 0 bridgehead atoms. The lowest BCUT2D eigenvalue weighted by atomic mass is 9.94. The van der Waals surface area contributed by atoms with Crippen LogP contribution >= 0.6 is 0 Å². The Morgan fingerprint density at radius 2 is 2.11 bits per heavy atom. The molecule has 0 radical (unpaired) electrons. The van der Waals surface area contributed by atoms with Gasteiger partial charge in [-0.25, -0.2) is 4.98 Å². The molecule has 1 aliphatic heterocycles. The molecule has 0 unspecified atom stereocenters. The van der Waals surface area contributed by atoms with E-state index < -0.39 is 0 Å². The van der Waals surface area contributed by atoms with E-state index in [1.165, 1.54) is 0 Å². The molecule has 2 aromatic heterocycles. The number of carbonyl (C=O) groups excluding carboxylic acids is 1. The maximum atomic E-state index is 12.9. The fraction of sp³-hybridized carbons (Fsp3) is 0.519. The van der Waals surface area contributed by atoms with Gasteiger partial charge in [-0.05, 0) is 56.2 Å². The fourth-order valence-electron chi connectivity index (χ4n) is 5.24. The molecule has 2 saturated carbocycles. The maximum absolute atomic E-state index is 12.9. The van der Waals surface area contributed by atoms with Gasteiger partial charge in [0.2, 0.25) is 5.91 Å². The number of piperazine rings is 1. The molecule has 0 spiro atoms. The van der Waals surface area contributed by atoms with Crippen molar-refractivity contribution in [2.24, 2.45) is 5.92 Å². The van der Waals surface area contributed by atoms with E-state index >= 15 is 0 Å². The topological polar surface area (TPSA) is 95.2 Å². The van der Waals surface area contributed by atoms with Gasteiger partial charge in [0.1, 0.15) is 11.9 Å².